The molecule has 1 aliphatic rings. The lowest BCUT2D eigenvalue weighted by Crippen LogP contribution is -2.57. The maximum atomic E-state index is 13.1. The van der Waals surface area contributed by atoms with E-state index in [9.17, 15) is 34.2 Å². The number of benzene rings is 1. The van der Waals surface area contributed by atoms with Crippen molar-refractivity contribution in [2.75, 3.05) is 6.54 Å². The minimum atomic E-state index is -1.21. The summed E-state index contributed by atoms with van der Waals surface area (Å²) in [4.78, 5) is 62.8. The van der Waals surface area contributed by atoms with Crippen molar-refractivity contribution in [1.29, 1.82) is 0 Å². The summed E-state index contributed by atoms with van der Waals surface area (Å²) in [6.07, 6.45) is 0.514. The summed E-state index contributed by atoms with van der Waals surface area (Å²) in [5.41, 5.74) is 11.5. The number of carboxylic acids is 1. The average molecular weight is 492 g/mol. The van der Waals surface area contributed by atoms with E-state index in [0.717, 1.165) is 0 Å². The molecule has 0 aromatic heterocycles. The summed E-state index contributed by atoms with van der Waals surface area (Å²) in [6, 6.07) is 1.61. The number of likely N-dealkylation sites (tertiary alicyclic amines) is 1. The second-order valence-electron chi connectivity index (χ2n) is 8.97. The Kier molecular flexibility index (Phi) is 9.58. The van der Waals surface area contributed by atoms with Crippen molar-refractivity contribution in [3.8, 4) is 5.75 Å². The molecule has 4 unspecified atom stereocenters. The van der Waals surface area contributed by atoms with Crippen molar-refractivity contribution < 1.29 is 34.2 Å². The molecule has 1 fully saturated rings. The quantitative estimate of drug-likeness (QED) is 0.222. The summed E-state index contributed by atoms with van der Waals surface area (Å²) < 4.78 is 0. The molecule has 1 aliphatic heterocycles. The first-order valence-corrected chi connectivity index (χ1v) is 11.4. The Balaban J connectivity index is 2.22. The SMILES string of the molecule is CC(C)C(NC(=O)C(Cc1ccc(O)cc1)NC(=O)C1CCCN1C(=O)C(N)CC(N)=O)C(=O)O. The molecule has 1 aromatic carbocycles. The van der Waals surface area contributed by atoms with E-state index in [4.69, 9.17) is 11.5 Å². The summed E-state index contributed by atoms with van der Waals surface area (Å²) in [5, 5.41) is 24.1. The third-order valence-corrected chi connectivity index (χ3v) is 5.82. The van der Waals surface area contributed by atoms with Crippen LogP contribution in [0.15, 0.2) is 24.3 Å². The van der Waals surface area contributed by atoms with Gasteiger partial charge < -0.3 is 37.2 Å². The molecule has 35 heavy (non-hydrogen) atoms. The number of phenolic OH excluding ortho intramolecular Hbond substituents is 1. The summed E-state index contributed by atoms with van der Waals surface area (Å²) >= 11 is 0. The summed E-state index contributed by atoms with van der Waals surface area (Å²) in [7, 11) is 0. The molecule has 1 heterocycles. The maximum absolute atomic E-state index is 13.1. The van der Waals surface area contributed by atoms with Gasteiger partial charge in [-0.1, -0.05) is 26.0 Å². The third kappa shape index (κ3) is 7.67. The fourth-order valence-electron chi connectivity index (χ4n) is 3.93. The van der Waals surface area contributed by atoms with Gasteiger partial charge in [0.25, 0.3) is 0 Å². The van der Waals surface area contributed by atoms with Gasteiger partial charge >= 0.3 is 5.97 Å². The molecular formula is C23H33N5O7. The molecule has 0 radical (unpaired) electrons. The number of nitrogens with two attached hydrogens (primary N) is 2. The van der Waals surface area contributed by atoms with E-state index >= 15 is 0 Å². The van der Waals surface area contributed by atoms with Crippen molar-refractivity contribution in [3.63, 3.8) is 0 Å². The first-order chi connectivity index (χ1) is 16.4. The van der Waals surface area contributed by atoms with Crippen LogP contribution < -0.4 is 22.1 Å². The molecule has 2 rings (SSSR count). The number of carboxylic acid groups (broad SMARTS) is 1. The molecule has 1 saturated heterocycles. The zero-order valence-corrected chi connectivity index (χ0v) is 19.8. The number of aliphatic carboxylic acids is 1. The van der Waals surface area contributed by atoms with E-state index in [1.807, 2.05) is 0 Å². The Morgan fingerprint density at radius 1 is 1.11 bits per heavy atom. The molecule has 8 N–H and O–H groups in total. The Morgan fingerprint density at radius 3 is 2.29 bits per heavy atom. The van der Waals surface area contributed by atoms with E-state index in [1.165, 1.54) is 17.0 Å². The van der Waals surface area contributed by atoms with Gasteiger partial charge in [0.15, 0.2) is 0 Å². The fraction of sp³-hybridized carbons (Fsp3) is 0.522. The van der Waals surface area contributed by atoms with Gasteiger partial charge in [0.05, 0.1) is 12.5 Å². The van der Waals surface area contributed by atoms with Crippen LogP contribution in [0.4, 0.5) is 0 Å². The van der Waals surface area contributed by atoms with Gasteiger partial charge in [-0.25, -0.2) is 4.79 Å². The van der Waals surface area contributed by atoms with Crippen LogP contribution >= 0.6 is 0 Å². The van der Waals surface area contributed by atoms with Crippen molar-refractivity contribution in [2.45, 2.75) is 63.7 Å². The van der Waals surface area contributed by atoms with Gasteiger partial charge in [-0.05, 0) is 36.5 Å². The standard InChI is InChI=1S/C23H33N5O7/c1-12(2)19(23(34)35)27-20(31)16(10-13-5-7-14(29)8-6-13)26-21(32)17-4-3-9-28(17)22(33)15(24)11-18(25)30/h5-8,12,15-17,19,29H,3-4,9-11,24H2,1-2H3,(H2,25,30)(H,26,32)(H,27,31)(H,34,35). The Hall–Kier alpha value is -3.67. The predicted molar refractivity (Wildman–Crippen MR) is 125 cm³/mol. The van der Waals surface area contributed by atoms with Gasteiger partial charge in [0.1, 0.15) is 23.9 Å². The molecule has 1 aromatic rings. The van der Waals surface area contributed by atoms with E-state index < -0.39 is 59.7 Å². The highest BCUT2D eigenvalue weighted by Crippen LogP contribution is 2.20. The smallest absolute Gasteiger partial charge is 0.326 e. The molecule has 0 bridgehead atoms. The number of carbonyl (C=O) groups is 5. The van der Waals surface area contributed by atoms with Crippen LogP contribution in [0.25, 0.3) is 0 Å². The number of primary amides is 1. The topological polar surface area (TPSA) is 205 Å². The van der Waals surface area contributed by atoms with E-state index in [0.29, 0.717) is 18.4 Å². The zero-order chi connectivity index (χ0) is 26.3. The minimum absolute atomic E-state index is 0.0180. The van der Waals surface area contributed by atoms with E-state index in [-0.39, 0.29) is 25.1 Å². The number of nitrogens with zero attached hydrogens (tertiary/aromatic N) is 1. The largest absolute Gasteiger partial charge is 0.508 e. The van der Waals surface area contributed by atoms with Crippen LogP contribution in [0, 0.1) is 5.92 Å². The lowest BCUT2D eigenvalue weighted by atomic mass is 10.0. The first kappa shape index (κ1) is 27.6. The lowest BCUT2D eigenvalue weighted by molar-refractivity contribution is -0.144. The number of hydrogen-bond acceptors (Lipinski definition) is 7. The lowest BCUT2D eigenvalue weighted by Gasteiger charge is -2.29. The Bertz CT molecular complexity index is 950. The number of phenols is 1. The van der Waals surface area contributed by atoms with Crippen molar-refractivity contribution >= 4 is 29.6 Å². The molecule has 12 nitrogen and oxygen atoms in total. The summed E-state index contributed by atoms with van der Waals surface area (Å²) in [6.45, 7) is 3.54. The second-order valence-corrected chi connectivity index (χ2v) is 8.97. The van der Waals surface area contributed by atoms with Crippen LogP contribution in [-0.2, 0) is 30.4 Å². The first-order valence-electron chi connectivity index (χ1n) is 11.4. The van der Waals surface area contributed by atoms with Gasteiger partial charge in [-0.15, -0.1) is 0 Å². The Labute approximate surface area is 203 Å². The van der Waals surface area contributed by atoms with Crippen LogP contribution in [0.5, 0.6) is 5.75 Å². The van der Waals surface area contributed by atoms with Crippen molar-refractivity contribution in [2.24, 2.45) is 17.4 Å². The van der Waals surface area contributed by atoms with Crippen molar-refractivity contribution in [3.05, 3.63) is 29.8 Å². The molecule has 12 heteroatoms. The molecule has 192 valence electrons. The second kappa shape index (κ2) is 12.2. The highest BCUT2D eigenvalue weighted by molar-refractivity contribution is 5.95. The van der Waals surface area contributed by atoms with Crippen LogP contribution in [0.2, 0.25) is 0 Å². The molecular weight excluding hydrogens is 458 g/mol. The van der Waals surface area contributed by atoms with Gasteiger partial charge in [-0.2, -0.15) is 0 Å². The fourth-order valence-corrected chi connectivity index (χ4v) is 3.93. The minimum Gasteiger partial charge on any atom is -0.508 e. The number of carbonyl (C=O) groups excluding carboxylic acids is 4. The molecule has 4 amide bonds. The van der Waals surface area contributed by atoms with Gasteiger partial charge in [0, 0.05) is 13.0 Å². The molecule has 0 saturated carbocycles. The van der Waals surface area contributed by atoms with Gasteiger partial charge in [0.2, 0.25) is 23.6 Å². The number of amides is 4. The summed E-state index contributed by atoms with van der Waals surface area (Å²) in [5.74, 6) is -4.22. The molecule has 4 atom stereocenters. The number of aromatic hydroxyl groups is 1. The van der Waals surface area contributed by atoms with Crippen LogP contribution in [0.3, 0.4) is 0 Å². The Morgan fingerprint density at radius 2 is 1.74 bits per heavy atom. The van der Waals surface area contributed by atoms with Crippen LogP contribution in [0.1, 0.15) is 38.7 Å². The van der Waals surface area contributed by atoms with E-state index in [2.05, 4.69) is 10.6 Å². The number of hydrogen-bond donors (Lipinski definition) is 6. The molecule has 0 spiro atoms. The zero-order valence-electron chi connectivity index (χ0n) is 19.8. The maximum Gasteiger partial charge on any atom is 0.326 e. The van der Waals surface area contributed by atoms with Crippen LogP contribution in [-0.4, -0.2) is 75.4 Å². The highest BCUT2D eigenvalue weighted by Gasteiger charge is 2.38. The molecule has 0 aliphatic carbocycles. The monoisotopic (exact) mass is 491 g/mol. The van der Waals surface area contributed by atoms with E-state index in [1.54, 1.807) is 26.0 Å². The highest BCUT2D eigenvalue weighted by atomic mass is 16.4. The predicted octanol–water partition coefficient (Wildman–Crippen LogP) is -1.16. The third-order valence-electron chi connectivity index (χ3n) is 5.82. The van der Waals surface area contributed by atoms with Gasteiger partial charge in [-0.3, -0.25) is 19.2 Å². The average Bonchev–Trinajstić information content (AvgIpc) is 3.26. The normalized spacial score (nSPS) is 17.9. The number of rotatable bonds is 11. The number of nitrogens with one attached hydrogen (secondary N) is 2. The van der Waals surface area contributed by atoms with Crippen molar-refractivity contribution in [1.82, 2.24) is 15.5 Å².